The van der Waals surface area contributed by atoms with E-state index in [-0.39, 0.29) is 5.91 Å². The van der Waals surface area contributed by atoms with Crippen LogP contribution in [0.15, 0.2) is 65.5 Å². The van der Waals surface area contributed by atoms with E-state index in [0.29, 0.717) is 6.54 Å². The summed E-state index contributed by atoms with van der Waals surface area (Å²) >= 11 is 1.54. The Morgan fingerprint density at radius 2 is 1.97 bits per heavy atom. The van der Waals surface area contributed by atoms with Crippen molar-refractivity contribution in [2.75, 3.05) is 19.5 Å². The zero-order chi connectivity index (χ0) is 20.8. The van der Waals surface area contributed by atoms with Gasteiger partial charge in [-0.05, 0) is 42.5 Å². The number of rotatable bonds is 7. The fourth-order valence-corrected chi connectivity index (χ4v) is 3.82. The van der Waals surface area contributed by atoms with Gasteiger partial charge >= 0.3 is 0 Å². The molecule has 0 bridgehead atoms. The molecule has 1 aromatic heterocycles. The first-order valence-corrected chi connectivity index (χ1v) is 9.87. The zero-order valence-corrected chi connectivity index (χ0v) is 17.5. The quantitative estimate of drug-likeness (QED) is 0.580. The van der Waals surface area contributed by atoms with Gasteiger partial charge in [-0.3, -0.25) is 4.79 Å². The van der Waals surface area contributed by atoms with Gasteiger partial charge in [-0.25, -0.2) is 4.99 Å². The molecule has 3 aromatic rings. The van der Waals surface area contributed by atoms with E-state index in [2.05, 4.69) is 16.5 Å². The van der Waals surface area contributed by atoms with E-state index in [0.717, 1.165) is 38.9 Å². The largest absolute Gasteiger partial charge is 0.497 e. The average molecular weight is 410 g/mol. The number of carbonyl (C=O) groups excluding carboxylic acids is 1. The third kappa shape index (κ3) is 4.75. The second kappa shape index (κ2) is 9.25. The van der Waals surface area contributed by atoms with Gasteiger partial charge in [0.15, 0.2) is 4.80 Å². The number of allylic oxidation sites excluding steroid dienone is 1. The summed E-state index contributed by atoms with van der Waals surface area (Å²) in [7, 11) is 3.29. The zero-order valence-electron chi connectivity index (χ0n) is 16.6. The van der Waals surface area contributed by atoms with Crippen LogP contribution in [0, 0.1) is 0 Å². The van der Waals surface area contributed by atoms with Gasteiger partial charge in [0, 0.05) is 30.1 Å². The lowest BCUT2D eigenvalue weighted by molar-refractivity contribution is -0.114. The molecule has 3 rings (SSSR count). The van der Waals surface area contributed by atoms with Gasteiger partial charge in [0.05, 0.1) is 25.6 Å². The van der Waals surface area contributed by atoms with Gasteiger partial charge in [-0.15, -0.1) is 17.9 Å². The molecule has 1 N–H and O–H groups in total. The van der Waals surface area contributed by atoms with Crippen molar-refractivity contribution in [3.05, 3.63) is 65.3 Å². The highest BCUT2D eigenvalue weighted by Gasteiger charge is 2.13. The molecule has 0 unspecified atom stereocenters. The number of nitrogens with one attached hydrogen (secondary N) is 1. The van der Waals surface area contributed by atoms with E-state index < -0.39 is 0 Å². The Hall–Kier alpha value is -3.32. The number of benzene rings is 2. The van der Waals surface area contributed by atoms with Crippen molar-refractivity contribution in [1.82, 2.24) is 4.57 Å². The van der Waals surface area contributed by atoms with Gasteiger partial charge in [0.25, 0.3) is 0 Å². The molecule has 0 aliphatic carbocycles. The Kier molecular flexibility index (Phi) is 6.51. The minimum absolute atomic E-state index is 0.103. The number of methoxy groups -OCH3 is 2. The van der Waals surface area contributed by atoms with E-state index >= 15 is 0 Å². The second-order valence-electron chi connectivity index (χ2n) is 6.21. The molecule has 150 valence electrons. The van der Waals surface area contributed by atoms with Crippen LogP contribution in [-0.2, 0) is 11.3 Å². The highest BCUT2D eigenvalue weighted by Crippen LogP contribution is 2.34. The Balaban J connectivity index is 2.07. The third-order valence-corrected chi connectivity index (χ3v) is 5.07. The van der Waals surface area contributed by atoms with E-state index in [1.54, 1.807) is 14.2 Å². The SMILES string of the molecule is C=CCn1c(-c2cc(OC)ccc2OC)csc1=Nc1ccc(NC(C)=O)cc1. The smallest absolute Gasteiger partial charge is 0.221 e. The molecule has 6 nitrogen and oxygen atoms in total. The summed E-state index contributed by atoms with van der Waals surface area (Å²) in [6.07, 6.45) is 1.84. The van der Waals surface area contributed by atoms with Gasteiger partial charge in [-0.1, -0.05) is 6.08 Å². The highest BCUT2D eigenvalue weighted by atomic mass is 32.1. The molecular formula is C22H23N3O3S. The predicted molar refractivity (Wildman–Crippen MR) is 117 cm³/mol. The Morgan fingerprint density at radius 1 is 1.21 bits per heavy atom. The molecule has 0 radical (unpaired) electrons. The molecule has 29 heavy (non-hydrogen) atoms. The summed E-state index contributed by atoms with van der Waals surface area (Å²) in [5.41, 5.74) is 3.43. The molecule has 0 aliphatic rings. The van der Waals surface area contributed by atoms with Gasteiger partial charge in [-0.2, -0.15) is 0 Å². The predicted octanol–water partition coefficient (Wildman–Crippen LogP) is 4.61. The molecule has 1 amide bonds. The molecule has 0 spiro atoms. The summed E-state index contributed by atoms with van der Waals surface area (Å²) in [5, 5.41) is 4.80. The van der Waals surface area contributed by atoms with Gasteiger partial charge in [0.1, 0.15) is 11.5 Å². The number of hydrogen-bond donors (Lipinski definition) is 1. The summed E-state index contributed by atoms with van der Waals surface area (Å²) in [6.45, 7) is 5.96. The fourth-order valence-electron chi connectivity index (χ4n) is 2.89. The summed E-state index contributed by atoms with van der Waals surface area (Å²) in [5.74, 6) is 1.41. The van der Waals surface area contributed by atoms with Crippen LogP contribution in [0.25, 0.3) is 11.3 Å². The van der Waals surface area contributed by atoms with E-state index in [9.17, 15) is 4.79 Å². The van der Waals surface area contributed by atoms with Crippen LogP contribution in [0.5, 0.6) is 11.5 Å². The average Bonchev–Trinajstić information content (AvgIpc) is 3.11. The first-order chi connectivity index (χ1) is 14.0. The minimum atomic E-state index is -0.103. The highest BCUT2D eigenvalue weighted by molar-refractivity contribution is 7.07. The number of aromatic nitrogens is 1. The van der Waals surface area contributed by atoms with Crippen LogP contribution in [0.4, 0.5) is 11.4 Å². The molecule has 0 saturated heterocycles. The number of carbonyl (C=O) groups is 1. The molecule has 0 atom stereocenters. The van der Waals surface area contributed by atoms with Gasteiger partial charge in [0.2, 0.25) is 5.91 Å². The number of nitrogens with zero attached hydrogens (tertiary/aromatic N) is 2. The lowest BCUT2D eigenvalue weighted by atomic mass is 10.1. The summed E-state index contributed by atoms with van der Waals surface area (Å²) in [4.78, 5) is 16.8. The minimum Gasteiger partial charge on any atom is -0.497 e. The van der Waals surface area contributed by atoms with E-state index in [1.807, 2.05) is 53.9 Å². The molecule has 2 aromatic carbocycles. The Labute approximate surface area is 173 Å². The van der Waals surface area contributed by atoms with Crippen LogP contribution in [0.2, 0.25) is 0 Å². The summed E-state index contributed by atoms with van der Waals surface area (Å²) < 4.78 is 13.0. The van der Waals surface area contributed by atoms with Crippen LogP contribution in [0.3, 0.4) is 0 Å². The van der Waals surface area contributed by atoms with Crippen molar-refractivity contribution in [2.45, 2.75) is 13.5 Å². The van der Waals surface area contributed by atoms with Crippen molar-refractivity contribution in [3.8, 4) is 22.8 Å². The Morgan fingerprint density at radius 3 is 2.59 bits per heavy atom. The fraction of sp³-hybridized carbons (Fsp3) is 0.182. The van der Waals surface area contributed by atoms with Crippen molar-refractivity contribution in [2.24, 2.45) is 4.99 Å². The molecule has 0 fully saturated rings. The van der Waals surface area contributed by atoms with Crippen LogP contribution >= 0.6 is 11.3 Å². The maximum Gasteiger partial charge on any atom is 0.221 e. The van der Waals surface area contributed by atoms with E-state index in [1.165, 1.54) is 18.3 Å². The normalized spacial score (nSPS) is 11.2. The van der Waals surface area contributed by atoms with Crippen LogP contribution in [-0.4, -0.2) is 24.7 Å². The van der Waals surface area contributed by atoms with E-state index in [4.69, 9.17) is 14.5 Å². The molecule has 0 saturated carbocycles. The first-order valence-electron chi connectivity index (χ1n) is 8.99. The van der Waals surface area contributed by atoms with Crippen molar-refractivity contribution < 1.29 is 14.3 Å². The number of amides is 1. The van der Waals surface area contributed by atoms with Crippen molar-refractivity contribution in [3.63, 3.8) is 0 Å². The monoisotopic (exact) mass is 409 g/mol. The lowest BCUT2D eigenvalue weighted by Crippen LogP contribution is -2.15. The maximum atomic E-state index is 11.2. The first kappa shape index (κ1) is 20.4. The number of ether oxygens (including phenoxy) is 2. The number of anilines is 1. The number of hydrogen-bond acceptors (Lipinski definition) is 5. The van der Waals surface area contributed by atoms with Crippen molar-refractivity contribution in [1.29, 1.82) is 0 Å². The topological polar surface area (TPSA) is 64.8 Å². The molecular weight excluding hydrogens is 386 g/mol. The number of thiazole rings is 1. The van der Waals surface area contributed by atoms with Gasteiger partial charge < -0.3 is 19.4 Å². The summed E-state index contributed by atoms with van der Waals surface area (Å²) in [6, 6.07) is 13.1. The molecule has 0 aliphatic heterocycles. The maximum absolute atomic E-state index is 11.2. The second-order valence-corrected chi connectivity index (χ2v) is 7.05. The Bertz CT molecular complexity index is 1080. The molecule has 1 heterocycles. The lowest BCUT2D eigenvalue weighted by Gasteiger charge is -2.12. The standard InChI is InChI=1S/C22H23N3O3S/c1-5-12-25-20(19-13-18(27-3)10-11-21(19)28-4)14-29-22(25)24-17-8-6-16(7-9-17)23-15(2)26/h5-11,13-14H,1,12H2,2-4H3,(H,23,26). The van der Waals surface area contributed by atoms with Crippen LogP contribution < -0.4 is 19.6 Å². The van der Waals surface area contributed by atoms with Crippen molar-refractivity contribution >= 4 is 28.6 Å². The van der Waals surface area contributed by atoms with Crippen LogP contribution in [0.1, 0.15) is 6.92 Å². The third-order valence-electron chi connectivity index (χ3n) is 4.20. The molecule has 7 heteroatoms.